The molecule has 0 aliphatic carbocycles. The molecule has 0 aliphatic heterocycles. The molecule has 0 bridgehead atoms. The van der Waals surface area contributed by atoms with Gasteiger partial charge < -0.3 is 16.8 Å². The molecule has 0 radical (unpaired) electrons. The number of rotatable bonds is 4. The molecule has 0 aromatic carbocycles. The fourth-order valence-electron chi connectivity index (χ4n) is 0.329. The molecule has 0 spiro atoms. The van der Waals surface area contributed by atoms with Crippen molar-refractivity contribution >= 4 is 0 Å². The molecule has 0 fully saturated rings. The second-order valence-corrected chi connectivity index (χ2v) is 1.33. The molecule has 0 aromatic heterocycles. The third-order valence-corrected chi connectivity index (χ3v) is 0.642. The molecule has 0 saturated heterocycles. The molecule has 0 rings (SSSR count). The molecule has 4 heteroatoms. The minimum atomic E-state index is 0. The van der Waals surface area contributed by atoms with Crippen molar-refractivity contribution in [2.75, 3.05) is 26.2 Å². The second-order valence-electron chi connectivity index (χ2n) is 1.33. The zero-order valence-corrected chi connectivity index (χ0v) is 9.23. The number of nitrogens with two attached hydrogens (primary N) is 2. The Hall–Kier alpha value is 0.802. The molecule has 0 aliphatic rings. The Kier molecular flexibility index (Phi) is 15.5. The Balaban J connectivity index is 0. The maximum atomic E-state index is 5.17. The van der Waals surface area contributed by atoms with Crippen LogP contribution in [0.1, 0.15) is 0 Å². The summed E-state index contributed by atoms with van der Waals surface area (Å²) in [5, 5.41) is 3.03. The van der Waals surface area contributed by atoms with Gasteiger partial charge in [0.15, 0.2) is 0 Å². The van der Waals surface area contributed by atoms with Crippen LogP contribution in [0, 0.1) is 0 Å². The van der Waals surface area contributed by atoms with Gasteiger partial charge in [0.25, 0.3) is 0 Å². The topological polar surface area (TPSA) is 64.1 Å². The van der Waals surface area contributed by atoms with Gasteiger partial charge in [0.1, 0.15) is 0 Å². The summed E-state index contributed by atoms with van der Waals surface area (Å²) in [5.74, 6) is 0. The van der Waals surface area contributed by atoms with Crippen LogP contribution in [0.15, 0.2) is 0 Å². The molecule has 0 unspecified atom stereocenters. The van der Waals surface area contributed by atoms with Crippen molar-refractivity contribution in [2.45, 2.75) is 0 Å². The van der Waals surface area contributed by atoms with Crippen molar-refractivity contribution in [3.8, 4) is 0 Å². The maximum absolute atomic E-state index is 5.17. The Morgan fingerprint density at radius 1 is 1.00 bits per heavy atom. The Labute approximate surface area is 70.3 Å². The molecule has 44 valence electrons. The van der Waals surface area contributed by atoms with Crippen molar-refractivity contribution < 1.29 is 27.3 Å². The SMILES string of the molecule is NCCNCCN.[Cd+2]. The fraction of sp³-hybridized carbons (Fsp3) is 1.00. The van der Waals surface area contributed by atoms with E-state index in [2.05, 4.69) is 5.32 Å². The van der Waals surface area contributed by atoms with E-state index in [1.807, 2.05) is 0 Å². The Morgan fingerprint density at radius 3 is 1.62 bits per heavy atom. The third kappa shape index (κ3) is 9.93. The van der Waals surface area contributed by atoms with Crippen LogP contribution in [0.25, 0.3) is 0 Å². The van der Waals surface area contributed by atoms with Gasteiger partial charge in [-0.3, -0.25) is 0 Å². The molecular weight excluding hydrogens is 202 g/mol. The molecule has 0 atom stereocenters. The number of hydrogen-bond donors (Lipinski definition) is 3. The number of nitrogens with one attached hydrogen (secondary N) is 1. The van der Waals surface area contributed by atoms with Crippen molar-refractivity contribution in [2.24, 2.45) is 11.5 Å². The van der Waals surface area contributed by atoms with Crippen molar-refractivity contribution in [3.63, 3.8) is 0 Å². The van der Waals surface area contributed by atoms with Crippen LogP contribution in [0.5, 0.6) is 0 Å². The first-order chi connectivity index (χ1) is 3.41. The van der Waals surface area contributed by atoms with Gasteiger partial charge in [0.2, 0.25) is 0 Å². The molecule has 0 aromatic rings. The quantitative estimate of drug-likeness (QED) is 0.395. The molecule has 3 nitrogen and oxygen atoms in total. The zero-order valence-electron chi connectivity index (χ0n) is 5.19. The predicted octanol–water partition coefficient (Wildman–Crippen LogP) is -1.51. The summed E-state index contributed by atoms with van der Waals surface area (Å²) in [4.78, 5) is 0. The van der Waals surface area contributed by atoms with Gasteiger partial charge in [-0.1, -0.05) is 0 Å². The average Bonchev–Trinajstić information content (AvgIpc) is 1.69. The maximum Gasteiger partial charge on any atom is 2.00 e. The molecule has 5 N–H and O–H groups in total. The summed E-state index contributed by atoms with van der Waals surface area (Å²) in [6.07, 6.45) is 0. The van der Waals surface area contributed by atoms with E-state index in [0.717, 1.165) is 13.1 Å². The van der Waals surface area contributed by atoms with E-state index in [0.29, 0.717) is 13.1 Å². The van der Waals surface area contributed by atoms with Crippen molar-refractivity contribution in [1.29, 1.82) is 0 Å². The van der Waals surface area contributed by atoms with Gasteiger partial charge in [-0.15, -0.1) is 0 Å². The predicted molar refractivity (Wildman–Crippen MR) is 31.0 cm³/mol. The van der Waals surface area contributed by atoms with E-state index in [9.17, 15) is 0 Å². The summed E-state index contributed by atoms with van der Waals surface area (Å²) in [7, 11) is 0. The molecule has 0 heterocycles. The minimum Gasteiger partial charge on any atom is -0.329 e. The van der Waals surface area contributed by atoms with Crippen LogP contribution in [-0.2, 0) is 27.3 Å². The van der Waals surface area contributed by atoms with Crippen LogP contribution in [0.4, 0.5) is 0 Å². The molecule has 0 amide bonds. The Morgan fingerprint density at radius 2 is 1.38 bits per heavy atom. The average molecular weight is 216 g/mol. The summed E-state index contributed by atoms with van der Waals surface area (Å²) >= 11 is 0. The van der Waals surface area contributed by atoms with E-state index in [4.69, 9.17) is 11.5 Å². The third-order valence-electron chi connectivity index (χ3n) is 0.642. The van der Waals surface area contributed by atoms with Crippen molar-refractivity contribution in [3.05, 3.63) is 0 Å². The number of hydrogen-bond acceptors (Lipinski definition) is 3. The second kappa shape index (κ2) is 10.7. The van der Waals surface area contributed by atoms with E-state index >= 15 is 0 Å². The summed E-state index contributed by atoms with van der Waals surface area (Å²) in [6.45, 7) is 3.13. The zero-order chi connectivity index (χ0) is 5.54. The molecule has 0 saturated carbocycles. The fourth-order valence-corrected chi connectivity index (χ4v) is 0.329. The van der Waals surface area contributed by atoms with E-state index in [-0.39, 0.29) is 27.3 Å². The molecular formula is C4H13CdN3+2. The monoisotopic (exact) mass is 217 g/mol. The van der Waals surface area contributed by atoms with Gasteiger partial charge in [-0.2, -0.15) is 0 Å². The Bertz CT molecular complexity index is 30.5. The van der Waals surface area contributed by atoms with Crippen LogP contribution in [-0.4, -0.2) is 26.2 Å². The normalized spacial score (nSPS) is 8.25. The minimum absolute atomic E-state index is 0. The standard InChI is InChI=1S/C4H13N3.Cd/c5-1-3-7-4-2-6;/h7H,1-6H2;/q;+2. The van der Waals surface area contributed by atoms with Crippen molar-refractivity contribution in [1.82, 2.24) is 5.32 Å². The first-order valence-corrected chi connectivity index (χ1v) is 2.52. The smallest absolute Gasteiger partial charge is 0.329 e. The van der Waals surface area contributed by atoms with E-state index in [1.165, 1.54) is 0 Å². The van der Waals surface area contributed by atoms with Gasteiger partial charge in [0, 0.05) is 26.2 Å². The van der Waals surface area contributed by atoms with Gasteiger partial charge in [-0.05, 0) is 0 Å². The van der Waals surface area contributed by atoms with E-state index < -0.39 is 0 Å². The summed E-state index contributed by atoms with van der Waals surface area (Å²) in [5.41, 5.74) is 10.3. The summed E-state index contributed by atoms with van der Waals surface area (Å²) in [6, 6.07) is 0. The van der Waals surface area contributed by atoms with Crippen LogP contribution in [0.2, 0.25) is 0 Å². The first-order valence-electron chi connectivity index (χ1n) is 2.52. The van der Waals surface area contributed by atoms with E-state index in [1.54, 1.807) is 0 Å². The van der Waals surface area contributed by atoms with Gasteiger partial charge in [0.05, 0.1) is 0 Å². The largest absolute Gasteiger partial charge is 2.00 e. The van der Waals surface area contributed by atoms with Crippen LogP contribution in [0.3, 0.4) is 0 Å². The molecule has 8 heavy (non-hydrogen) atoms. The van der Waals surface area contributed by atoms with Gasteiger partial charge in [-0.25, -0.2) is 0 Å². The summed E-state index contributed by atoms with van der Waals surface area (Å²) < 4.78 is 0. The van der Waals surface area contributed by atoms with Crippen LogP contribution < -0.4 is 16.8 Å². The van der Waals surface area contributed by atoms with Crippen LogP contribution >= 0.6 is 0 Å². The first kappa shape index (κ1) is 11.6. The van der Waals surface area contributed by atoms with Gasteiger partial charge >= 0.3 is 27.3 Å².